The number of carbonyl (C=O) groups excluding carboxylic acids is 2. The number of hydrogen-bond donors (Lipinski definition) is 2. The van der Waals surface area contributed by atoms with E-state index in [1.54, 1.807) is 37.5 Å². The first-order valence-corrected chi connectivity index (χ1v) is 10.9. The van der Waals surface area contributed by atoms with Crippen LogP contribution in [-0.2, 0) is 4.79 Å². The molecule has 176 valence electrons. The number of carbonyl (C=O) groups is 2. The van der Waals surface area contributed by atoms with Gasteiger partial charge < -0.3 is 20.1 Å². The quantitative estimate of drug-likeness (QED) is 0.419. The fourth-order valence-electron chi connectivity index (χ4n) is 3.24. The van der Waals surface area contributed by atoms with Crippen LogP contribution < -0.4 is 20.1 Å². The molecule has 0 spiro atoms. The van der Waals surface area contributed by atoms with Gasteiger partial charge in [0.1, 0.15) is 5.82 Å². The molecule has 0 fully saturated rings. The average Bonchev–Trinajstić information content (AvgIpc) is 2.84. The van der Waals surface area contributed by atoms with Crippen molar-refractivity contribution in [2.24, 2.45) is 0 Å². The van der Waals surface area contributed by atoms with Crippen LogP contribution in [0.1, 0.15) is 41.4 Å². The van der Waals surface area contributed by atoms with Crippen molar-refractivity contribution in [3.8, 4) is 11.5 Å². The van der Waals surface area contributed by atoms with Gasteiger partial charge in [0.2, 0.25) is 5.91 Å². The summed E-state index contributed by atoms with van der Waals surface area (Å²) in [4.78, 5) is 24.6. The largest absolute Gasteiger partial charge is 0.493 e. The van der Waals surface area contributed by atoms with Gasteiger partial charge in [-0.3, -0.25) is 9.59 Å². The predicted molar refractivity (Wildman–Crippen MR) is 131 cm³/mol. The Morgan fingerprint density at radius 3 is 2.35 bits per heavy atom. The van der Waals surface area contributed by atoms with Crippen molar-refractivity contribution >= 4 is 23.6 Å². The number of benzene rings is 3. The smallest absolute Gasteiger partial charge is 0.255 e. The van der Waals surface area contributed by atoms with Gasteiger partial charge in [-0.15, -0.1) is 0 Å². The summed E-state index contributed by atoms with van der Waals surface area (Å²) in [5.41, 5.74) is 2.65. The predicted octanol–water partition coefficient (Wildman–Crippen LogP) is 5.38. The molecule has 1 unspecified atom stereocenters. The maximum Gasteiger partial charge on any atom is 0.255 e. The summed E-state index contributed by atoms with van der Waals surface area (Å²) in [6, 6.07) is 17.7. The fraction of sp³-hybridized carbons (Fsp3) is 0.185. The van der Waals surface area contributed by atoms with E-state index in [0.29, 0.717) is 29.4 Å². The molecule has 3 rings (SSSR count). The third-order valence-corrected chi connectivity index (χ3v) is 5.05. The SMILES string of the molecule is CCOc1ccc(/C=C/C(=O)NC(C)c2ccc(NC(=O)c3ccc(F)cc3)cc2)cc1OC. The third-order valence-electron chi connectivity index (χ3n) is 5.05. The molecule has 7 heteroatoms. The molecule has 0 saturated carbocycles. The van der Waals surface area contributed by atoms with Crippen molar-refractivity contribution in [2.75, 3.05) is 19.0 Å². The molecule has 0 bridgehead atoms. The van der Waals surface area contributed by atoms with E-state index in [-0.39, 0.29) is 17.9 Å². The molecule has 0 aliphatic carbocycles. The number of amides is 2. The summed E-state index contributed by atoms with van der Waals surface area (Å²) in [6.07, 6.45) is 3.16. The molecule has 3 aromatic carbocycles. The Kier molecular flexibility index (Phi) is 8.40. The summed E-state index contributed by atoms with van der Waals surface area (Å²) in [6.45, 7) is 4.31. The monoisotopic (exact) mass is 462 g/mol. The van der Waals surface area contributed by atoms with Crippen molar-refractivity contribution in [1.82, 2.24) is 5.32 Å². The second-order valence-corrected chi connectivity index (χ2v) is 7.49. The molecule has 2 N–H and O–H groups in total. The van der Waals surface area contributed by atoms with Crippen LogP contribution in [-0.4, -0.2) is 25.5 Å². The first-order chi connectivity index (χ1) is 16.4. The van der Waals surface area contributed by atoms with Crippen molar-refractivity contribution in [2.45, 2.75) is 19.9 Å². The molecule has 0 saturated heterocycles. The molecule has 6 nitrogen and oxygen atoms in total. The minimum atomic E-state index is -0.397. The Labute approximate surface area is 198 Å². The topological polar surface area (TPSA) is 76.7 Å². The first-order valence-electron chi connectivity index (χ1n) is 10.9. The van der Waals surface area contributed by atoms with Gasteiger partial charge >= 0.3 is 0 Å². The Hall–Kier alpha value is -4.13. The number of hydrogen-bond acceptors (Lipinski definition) is 4. The van der Waals surface area contributed by atoms with E-state index in [1.807, 2.05) is 32.0 Å². The van der Waals surface area contributed by atoms with Crippen LogP contribution in [0, 0.1) is 5.82 Å². The zero-order chi connectivity index (χ0) is 24.5. The maximum atomic E-state index is 13.0. The van der Waals surface area contributed by atoms with Gasteiger partial charge in [-0.2, -0.15) is 0 Å². The van der Waals surface area contributed by atoms with Gasteiger partial charge in [0.05, 0.1) is 19.8 Å². The molecule has 2 amide bonds. The number of anilines is 1. The number of nitrogens with one attached hydrogen (secondary N) is 2. The summed E-state index contributed by atoms with van der Waals surface area (Å²) < 4.78 is 23.8. The van der Waals surface area contributed by atoms with Crippen LogP contribution in [0.25, 0.3) is 6.08 Å². The van der Waals surface area contributed by atoms with Crippen molar-refractivity contribution in [3.63, 3.8) is 0 Å². The van der Waals surface area contributed by atoms with Gasteiger partial charge in [0.25, 0.3) is 5.91 Å². The van der Waals surface area contributed by atoms with Crippen LogP contribution in [0.2, 0.25) is 0 Å². The Balaban J connectivity index is 1.56. The van der Waals surface area contributed by atoms with Crippen LogP contribution in [0.15, 0.2) is 72.8 Å². The molecular formula is C27H27FN2O4. The van der Waals surface area contributed by atoms with E-state index in [2.05, 4.69) is 10.6 Å². The highest BCUT2D eigenvalue weighted by atomic mass is 19.1. The fourth-order valence-corrected chi connectivity index (χ4v) is 3.24. The van der Waals surface area contributed by atoms with Crippen molar-refractivity contribution in [3.05, 3.63) is 95.3 Å². The molecule has 1 atom stereocenters. The highest BCUT2D eigenvalue weighted by Crippen LogP contribution is 2.28. The van der Waals surface area contributed by atoms with E-state index < -0.39 is 5.82 Å². The Morgan fingerprint density at radius 1 is 1.00 bits per heavy atom. The summed E-state index contributed by atoms with van der Waals surface area (Å²) in [5, 5.41) is 5.68. The molecular weight excluding hydrogens is 435 g/mol. The second-order valence-electron chi connectivity index (χ2n) is 7.49. The van der Waals surface area contributed by atoms with Gasteiger partial charge in [-0.1, -0.05) is 18.2 Å². The molecule has 3 aromatic rings. The number of methoxy groups -OCH3 is 1. The lowest BCUT2D eigenvalue weighted by Gasteiger charge is -2.14. The number of halogens is 1. The molecule has 0 aliphatic rings. The molecule has 0 aromatic heterocycles. The van der Waals surface area contributed by atoms with Crippen LogP contribution in [0.5, 0.6) is 11.5 Å². The van der Waals surface area contributed by atoms with Crippen molar-refractivity contribution in [1.29, 1.82) is 0 Å². The highest BCUT2D eigenvalue weighted by Gasteiger charge is 2.10. The first kappa shape index (κ1) is 24.5. The minimum absolute atomic E-state index is 0.242. The van der Waals surface area contributed by atoms with Crippen LogP contribution in [0.3, 0.4) is 0 Å². The zero-order valence-corrected chi connectivity index (χ0v) is 19.3. The second kappa shape index (κ2) is 11.7. The molecule has 0 aliphatic heterocycles. The van der Waals surface area contributed by atoms with Gasteiger partial charge in [-0.25, -0.2) is 4.39 Å². The van der Waals surface area contributed by atoms with Crippen LogP contribution >= 0.6 is 0 Å². The average molecular weight is 463 g/mol. The van der Waals surface area contributed by atoms with Crippen LogP contribution in [0.4, 0.5) is 10.1 Å². The standard InChI is InChI=1S/C27H27FN2O4/c1-4-34-24-15-5-19(17-25(24)33-3)6-16-26(31)29-18(2)20-9-13-23(14-10-20)30-27(32)21-7-11-22(28)12-8-21/h5-18H,4H2,1-3H3,(H,29,31)(H,30,32)/b16-6+. The van der Waals surface area contributed by atoms with E-state index in [1.165, 1.54) is 30.3 Å². The lowest BCUT2D eigenvalue weighted by atomic mass is 10.1. The lowest BCUT2D eigenvalue weighted by molar-refractivity contribution is -0.117. The molecule has 0 radical (unpaired) electrons. The third kappa shape index (κ3) is 6.68. The highest BCUT2D eigenvalue weighted by molar-refractivity contribution is 6.04. The van der Waals surface area contributed by atoms with E-state index in [4.69, 9.17) is 9.47 Å². The minimum Gasteiger partial charge on any atom is -0.493 e. The van der Waals surface area contributed by atoms with E-state index in [0.717, 1.165) is 11.1 Å². The van der Waals surface area contributed by atoms with Gasteiger partial charge in [0, 0.05) is 17.3 Å². The number of rotatable bonds is 9. The maximum absolute atomic E-state index is 13.0. The lowest BCUT2D eigenvalue weighted by Crippen LogP contribution is -2.24. The van der Waals surface area contributed by atoms with E-state index in [9.17, 15) is 14.0 Å². The normalized spacial score (nSPS) is 11.6. The van der Waals surface area contributed by atoms with Gasteiger partial charge in [0.15, 0.2) is 11.5 Å². The summed E-state index contributed by atoms with van der Waals surface area (Å²) >= 11 is 0. The Morgan fingerprint density at radius 2 is 1.71 bits per heavy atom. The molecule has 0 heterocycles. The number of ether oxygens (including phenoxy) is 2. The molecule has 34 heavy (non-hydrogen) atoms. The zero-order valence-electron chi connectivity index (χ0n) is 19.3. The van der Waals surface area contributed by atoms with Crippen molar-refractivity contribution < 1.29 is 23.5 Å². The van der Waals surface area contributed by atoms with Gasteiger partial charge in [-0.05, 0) is 79.6 Å². The van der Waals surface area contributed by atoms with E-state index >= 15 is 0 Å². The summed E-state index contributed by atoms with van der Waals surface area (Å²) in [5.74, 6) is 0.284. The Bertz CT molecular complexity index is 1160. The summed E-state index contributed by atoms with van der Waals surface area (Å²) in [7, 11) is 1.57.